The highest BCUT2D eigenvalue weighted by Crippen LogP contribution is 2.14. The second-order valence-corrected chi connectivity index (χ2v) is 4.59. The molecular weight excluding hydrogens is 379 g/mol. The minimum Gasteiger partial charge on any atom is -0.478 e. The van der Waals surface area contributed by atoms with Gasteiger partial charge in [-0.15, -0.1) is 24.0 Å². The molecule has 120 valence electrons. The Kier molecular flexibility index (Phi) is 12.0. The molecule has 0 spiro atoms. The Bertz CT molecular complexity index is 412. The number of aromatic nitrogens is 1. The topological polar surface area (TPSA) is 72.5 Å². The third-order valence-electron chi connectivity index (χ3n) is 2.89. The molecule has 0 atom stereocenters. The van der Waals surface area contributed by atoms with Gasteiger partial charge in [-0.3, -0.25) is 0 Å². The summed E-state index contributed by atoms with van der Waals surface area (Å²) in [6, 6.07) is 3.83. The van der Waals surface area contributed by atoms with Crippen molar-refractivity contribution in [2.45, 2.75) is 46.1 Å². The zero-order valence-electron chi connectivity index (χ0n) is 13.0. The number of hydrogen-bond acceptors (Lipinski definition) is 3. The van der Waals surface area contributed by atoms with Gasteiger partial charge in [-0.2, -0.15) is 0 Å². The summed E-state index contributed by atoms with van der Waals surface area (Å²) in [7, 11) is 0. The summed E-state index contributed by atoms with van der Waals surface area (Å²) in [6.07, 6.45) is 6.58. The van der Waals surface area contributed by atoms with Crippen LogP contribution in [0.15, 0.2) is 23.3 Å². The molecule has 0 aromatic carbocycles. The molecule has 0 aliphatic rings. The van der Waals surface area contributed by atoms with Crippen molar-refractivity contribution in [1.29, 1.82) is 0 Å². The molecule has 0 aliphatic carbocycles. The van der Waals surface area contributed by atoms with Gasteiger partial charge in [-0.25, -0.2) is 9.98 Å². The van der Waals surface area contributed by atoms with E-state index in [1.807, 2.05) is 19.1 Å². The first-order valence-corrected chi connectivity index (χ1v) is 7.38. The van der Waals surface area contributed by atoms with E-state index in [0.29, 0.717) is 25.0 Å². The highest BCUT2D eigenvalue weighted by Gasteiger charge is 2.03. The van der Waals surface area contributed by atoms with Gasteiger partial charge >= 0.3 is 0 Å². The predicted octanol–water partition coefficient (Wildman–Crippen LogP) is 3.08. The fraction of sp³-hybridized carbons (Fsp3) is 0.600. The number of nitrogens with zero attached hydrogens (tertiary/aromatic N) is 2. The van der Waals surface area contributed by atoms with Crippen molar-refractivity contribution in [2.24, 2.45) is 10.7 Å². The molecule has 1 aromatic rings. The normalized spacial score (nSPS) is 10.9. The zero-order valence-corrected chi connectivity index (χ0v) is 15.3. The van der Waals surface area contributed by atoms with Crippen LogP contribution in [0.25, 0.3) is 0 Å². The number of unbranched alkanes of at least 4 members (excludes halogenated alkanes) is 3. The molecule has 0 fully saturated rings. The highest BCUT2D eigenvalue weighted by atomic mass is 127. The van der Waals surface area contributed by atoms with Gasteiger partial charge in [0.05, 0.1) is 13.2 Å². The van der Waals surface area contributed by atoms with Crippen LogP contribution in [0, 0.1) is 0 Å². The molecule has 0 radical (unpaired) electrons. The first-order chi connectivity index (χ1) is 9.77. The highest BCUT2D eigenvalue weighted by molar-refractivity contribution is 14.0. The van der Waals surface area contributed by atoms with Crippen LogP contribution in [0.3, 0.4) is 0 Å². The first kappa shape index (κ1) is 19.9. The monoisotopic (exact) mass is 406 g/mol. The molecular formula is C15H27IN4O. The number of hydrogen-bond donors (Lipinski definition) is 2. The van der Waals surface area contributed by atoms with Crippen LogP contribution in [0.1, 0.15) is 45.1 Å². The minimum absolute atomic E-state index is 0. The van der Waals surface area contributed by atoms with Crippen LogP contribution in [0.2, 0.25) is 0 Å². The summed E-state index contributed by atoms with van der Waals surface area (Å²) in [5, 5.41) is 3.13. The van der Waals surface area contributed by atoms with E-state index < -0.39 is 0 Å². The van der Waals surface area contributed by atoms with Gasteiger partial charge < -0.3 is 15.8 Å². The van der Waals surface area contributed by atoms with Crippen LogP contribution in [-0.2, 0) is 6.54 Å². The molecule has 0 unspecified atom stereocenters. The largest absolute Gasteiger partial charge is 0.478 e. The molecule has 1 rings (SSSR count). The smallest absolute Gasteiger partial charge is 0.218 e. The zero-order chi connectivity index (χ0) is 14.6. The lowest BCUT2D eigenvalue weighted by atomic mass is 10.2. The van der Waals surface area contributed by atoms with E-state index in [4.69, 9.17) is 10.5 Å². The molecule has 0 aliphatic heterocycles. The van der Waals surface area contributed by atoms with Crippen molar-refractivity contribution in [3.63, 3.8) is 0 Å². The van der Waals surface area contributed by atoms with Crippen molar-refractivity contribution in [3.05, 3.63) is 23.9 Å². The van der Waals surface area contributed by atoms with Crippen LogP contribution < -0.4 is 15.8 Å². The second-order valence-electron chi connectivity index (χ2n) is 4.59. The van der Waals surface area contributed by atoms with Gasteiger partial charge in [0.2, 0.25) is 5.88 Å². The number of aliphatic imine (C=N–C) groups is 1. The molecule has 0 saturated carbocycles. The van der Waals surface area contributed by atoms with E-state index in [2.05, 4.69) is 22.2 Å². The second kappa shape index (κ2) is 12.7. The lowest BCUT2D eigenvalue weighted by Gasteiger charge is -2.08. The van der Waals surface area contributed by atoms with Crippen LogP contribution in [-0.4, -0.2) is 24.1 Å². The van der Waals surface area contributed by atoms with Crippen LogP contribution >= 0.6 is 24.0 Å². The summed E-state index contributed by atoms with van der Waals surface area (Å²) < 4.78 is 5.45. The van der Waals surface area contributed by atoms with E-state index in [1.54, 1.807) is 6.20 Å². The van der Waals surface area contributed by atoms with Crippen molar-refractivity contribution < 1.29 is 4.74 Å². The molecule has 0 amide bonds. The third-order valence-corrected chi connectivity index (χ3v) is 2.89. The summed E-state index contributed by atoms with van der Waals surface area (Å²) in [4.78, 5) is 8.51. The van der Waals surface area contributed by atoms with E-state index in [1.165, 1.54) is 19.3 Å². The number of rotatable bonds is 9. The predicted molar refractivity (Wildman–Crippen MR) is 98.3 cm³/mol. The number of nitrogens with two attached hydrogens (primary N) is 1. The fourth-order valence-corrected chi connectivity index (χ4v) is 1.81. The number of nitrogens with one attached hydrogen (secondary N) is 1. The number of pyridine rings is 1. The van der Waals surface area contributed by atoms with Gasteiger partial charge in [0, 0.05) is 18.3 Å². The molecule has 5 nitrogen and oxygen atoms in total. The quantitative estimate of drug-likeness (QED) is 0.286. The van der Waals surface area contributed by atoms with Crippen molar-refractivity contribution >= 4 is 29.9 Å². The Labute approximate surface area is 144 Å². The van der Waals surface area contributed by atoms with Gasteiger partial charge in [-0.05, 0) is 19.4 Å². The number of halogens is 1. The Hall–Kier alpha value is -1.05. The van der Waals surface area contributed by atoms with Crippen LogP contribution in [0.4, 0.5) is 0 Å². The Morgan fingerprint density at radius 2 is 2.14 bits per heavy atom. The Morgan fingerprint density at radius 1 is 1.33 bits per heavy atom. The number of guanidine groups is 1. The molecule has 6 heteroatoms. The van der Waals surface area contributed by atoms with E-state index >= 15 is 0 Å². The van der Waals surface area contributed by atoms with Gasteiger partial charge in [0.1, 0.15) is 0 Å². The molecule has 21 heavy (non-hydrogen) atoms. The van der Waals surface area contributed by atoms with E-state index in [0.717, 1.165) is 18.5 Å². The maximum Gasteiger partial charge on any atom is 0.218 e. The average Bonchev–Trinajstić information content (AvgIpc) is 2.46. The van der Waals surface area contributed by atoms with E-state index in [-0.39, 0.29) is 24.0 Å². The van der Waals surface area contributed by atoms with Crippen molar-refractivity contribution in [1.82, 2.24) is 10.3 Å². The number of ether oxygens (including phenoxy) is 1. The first-order valence-electron chi connectivity index (χ1n) is 7.38. The summed E-state index contributed by atoms with van der Waals surface area (Å²) in [6.45, 7) is 6.09. The Morgan fingerprint density at radius 3 is 2.86 bits per heavy atom. The molecule has 1 heterocycles. The van der Waals surface area contributed by atoms with Gasteiger partial charge in [0.25, 0.3) is 0 Å². The van der Waals surface area contributed by atoms with Gasteiger partial charge in [-0.1, -0.05) is 32.3 Å². The maximum atomic E-state index is 5.84. The molecule has 1 aromatic heterocycles. The van der Waals surface area contributed by atoms with E-state index in [9.17, 15) is 0 Å². The summed E-state index contributed by atoms with van der Waals surface area (Å²) >= 11 is 0. The summed E-state index contributed by atoms with van der Waals surface area (Å²) in [5.74, 6) is 1.11. The lowest BCUT2D eigenvalue weighted by molar-refractivity contribution is 0.323. The molecule has 0 bridgehead atoms. The molecule has 3 N–H and O–H groups in total. The summed E-state index contributed by atoms with van der Waals surface area (Å²) in [5.41, 5.74) is 6.79. The average molecular weight is 406 g/mol. The van der Waals surface area contributed by atoms with Gasteiger partial charge in [0.15, 0.2) is 5.96 Å². The SMILES string of the molecule is CCCCCCNC(N)=NCc1cccnc1OCC.I. The fourth-order valence-electron chi connectivity index (χ4n) is 1.81. The minimum atomic E-state index is 0. The van der Waals surface area contributed by atoms with Crippen molar-refractivity contribution in [2.75, 3.05) is 13.2 Å². The lowest BCUT2D eigenvalue weighted by Crippen LogP contribution is -2.32. The molecule has 0 saturated heterocycles. The Balaban J connectivity index is 0.00000400. The third kappa shape index (κ3) is 8.75. The van der Waals surface area contributed by atoms with Crippen LogP contribution in [0.5, 0.6) is 5.88 Å². The standard InChI is InChI=1S/C15H26N4O.HI/c1-3-5-6-7-10-18-15(16)19-12-13-9-8-11-17-14(13)20-4-2;/h8-9,11H,3-7,10,12H2,1-2H3,(H3,16,18,19);1H. The van der Waals surface area contributed by atoms with Crippen molar-refractivity contribution in [3.8, 4) is 5.88 Å². The maximum absolute atomic E-state index is 5.84.